The molecule has 0 N–H and O–H groups in total. The number of ether oxygens (including phenoxy) is 2. The molecule has 1 fully saturated rings. The van der Waals surface area contributed by atoms with E-state index >= 15 is 0 Å². The predicted octanol–water partition coefficient (Wildman–Crippen LogP) is 7.72. The minimum atomic E-state index is 0.220. The molecule has 0 aromatic heterocycles. The highest BCUT2D eigenvalue weighted by Gasteiger charge is 2.45. The third kappa shape index (κ3) is 5.07. The van der Waals surface area contributed by atoms with E-state index in [1.807, 2.05) is 22.1 Å². The molecule has 2 aliphatic rings. The van der Waals surface area contributed by atoms with Gasteiger partial charge in [-0.3, -0.25) is 0 Å². The van der Waals surface area contributed by atoms with Gasteiger partial charge in [0.15, 0.2) is 0 Å². The van der Waals surface area contributed by atoms with E-state index in [-0.39, 0.29) is 5.41 Å². The smallest absolute Gasteiger partial charge is 0.119 e. The molecule has 0 unspecified atom stereocenters. The molecule has 4 rings (SSSR count). The van der Waals surface area contributed by atoms with Crippen LogP contribution in [0.1, 0.15) is 43.7 Å². The molecular weight excluding hydrogens is 515 g/mol. The summed E-state index contributed by atoms with van der Waals surface area (Å²) in [6.45, 7) is 2.46. The van der Waals surface area contributed by atoms with Crippen molar-refractivity contribution in [1.82, 2.24) is 0 Å². The first-order chi connectivity index (χ1) is 15.1. The van der Waals surface area contributed by atoms with Crippen LogP contribution in [0.5, 0.6) is 5.75 Å². The van der Waals surface area contributed by atoms with Crippen molar-refractivity contribution in [1.29, 1.82) is 0 Å². The Bertz CT molecular complexity index is 982. The molecule has 2 aromatic carbocycles. The second-order valence-corrected chi connectivity index (χ2v) is 10.9. The third-order valence-electron chi connectivity index (χ3n) is 6.90. The van der Waals surface area contributed by atoms with Gasteiger partial charge in [0, 0.05) is 33.2 Å². The van der Waals surface area contributed by atoms with Gasteiger partial charge in [0.1, 0.15) is 5.75 Å². The minimum Gasteiger partial charge on any atom is -0.497 e. The zero-order chi connectivity index (χ0) is 21.8. The molecule has 0 aliphatic heterocycles. The molecule has 0 amide bonds. The van der Waals surface area contributed by atoms with Crippen molar-refractivity contribution in [2.45, 2.75) is 51.6 Å². The van der Waals surface area contributed by atoms with Crippen LogP contribution in [-0.2, 0) is 17.6 Å². The van der Waals surface area contributed by atoms with Crippen LogP contribution in [0.3, 0.4) is 0 Å². The Morgan fingerprint density at radius 1 is 1.00 bits per heavy atom. The highest BCUT2D eigenvalue weighted by molar-refractivity contribution is 14.2. The molecule has 0 spiro atoms. The first-order valence-electron chi connectivity index (χ1n) is 11.0. The van der Waals surface area contributed by atoms with E-state index in [1.54, 1.807) is 28.7 Å². The van der Waals surface area contributed by atoms with E-state index in [2.05, 4.69) is 76.7 Å². The van der Waals surface area contributed by atoms with Crippen LogP contribution >= 0.6 is 30.1 Å². The van der Waals surface area contributed by atoms with E-state index in [9.17, 15) is 0 Å². The zero-order valence-corrected chi connectivity index (χ0v) is 21.6. The van der Waals surface area contributed by atoms with Gasteiger partial charge in [-0.1, -0.05) is 63.9 Å². The molecule has 1 saturated carbocycles. The van der Waals surface area contributed by atoms with Gasteiger partial charge in [0.2, 0.25) is 0 Å². The largest absolute Gasteiger partial charge is 0.497 e. The van der Waals surface area contributed by atoms with Gasteiger partial charge in [0.05, 0.1) is 13.2 Å². The lowest BCUT2D eigenvalue weighted by Crippen LogP contribution is -2.23. The first-order valence-corrected chi connectivity index (χ1v) is 14.4. The van der Waals surface area contributed by atoms with Crippen LogP contribution in [0, 0.1) is 5.41 Å². The average molecular weight is 547 g/mol. The van der Waals surface area contributed by atoms with E-state index in [0.29, 0.717) is 6.10 Å². The second-order valence-electron chi connectivity index (χ2n) is 8.95. The number of allylic oxidation sites excluding steroid dienone is 3. The molecule has 0 bridgehead atoms. The van der Waals surface area contributed by atoms with Crippen molar-refractivity contribution in [2.75, 3.05) is 14.2 Å². The van der Waals surface area contributed by atoms with Gasteiger partial charge in [0.25, 0.3) is 0 Å². The highest BCUT2D eigenvalue weighted by atomic mass is 127. The van der Waals surface area contributed by atoms with E-state index in [1.165, 1.54) is 11.1 Å². The molecule has 2 aliphatic carbocycles. The minimum absolute atomic E-state index is 0.220. The molecule has 31 heavy (non-hydrogen) atoms. The van der Waals surface area contributed by atoms with Crippen molar-refractivity contribution >= 4 is 30.1 Å². The van der Waals surface area contributed by atoms with Crippen molar-refractivity contribution in [3.05, 3.63) is 87.3 Å². The summed E-state index contributed by atoms with van der Waals surface area (Å²) in [6.07, 6.45) is 6.78. The summed E-state index contributed by atoms with van der Waals surface area (Å²) < 4.78 is 11.3. The standard InChI is InChI=1S/C27H31IO2S/c1-27-17-22(30-3)16-25(27)23(13-12-20-10-7-11-21(14-20)29-2)24(26(18-27)31-28)15-19-8-5-4-6-9-19/h4-11,14,22H,12-13,15-18H2,1-3H3/t22-,27+/m0/s1. The fourth-order valence-corrected chi connectivity index (χ4v) is 7.22. The number of fused-ring (bicyclic) bond motifs is 1. The summed E-state index contributed by atoms with van der Waals surface area (Å²) in [4.78, 5) is 1.55. The summed E-state index contributed by atoms with van der Waals surface area (Å²) in [6, 6.07) is 19.4. The van der Waals surface area contributed by atoms with Crippen molar-refractivity contribution < 1.29 is 9.47 Å². The van der Waals surface area contributed by atoms with E-state index in [0.717, 1.165) is 44.3 Å². The number of benzene rings is 2. The molecule has 0 heterocycles. The zero-order valence-electron chi connectivity index (χ0n) is 18.6. The molecule has 4 heteroatoms. The molecule has 0 radical (unpaired) electrons. The fraction of sp³-hybridized carbons (Fsp3) is 0.407. The monoisotopic (exact) mass is 546 g/mol. The number of aryl methyl sites for hydroxylation is 1. The van der Waals surface area contributed by atoms with E-state index in [4.69, 9.17) is 9.47 Å². The topological polar surface area (TPSA) is 18.5 Å². The van der Waals surface area contributed by atoms with E-state index < -0.39 is 0 Å². The summed E-state index contributed by atoms with van der Waals surface area (Å²) in [5, 5.41) is 0. The van der Waals surface area contributed by atoms with Gasteiger partial charge in [-0.15, -0.1) is 0 Å². The number of methoxy groups -OCH3 is 2. The summed E-state index contributed by atoms with van der Waals surface area (Å²) in [5.41, 5.74) is 7.73. The van der Waals surface area contributed by atoms with Crippen LogP contribution in [0.15, 0.2) is 76.2 Å². The average Bonchev–Trinajstić information content (AvgIpc) is 3.15. The van der Waals surface area contributed by atoms with Crippen molar-refractivity contribution in [3.63, 3.8) is 0 Å². The Morgan fingerprint density at radius 2 is 1.77 bits per heavy atom. The maximum absolute atomic E-state index is 5.85. The fourth-order valence-electron chi connectivity index (χ4n) is 5.29. The van der Waals surface area contributed by atoms with Gasteiger partial charge in [-0.05, 0) is 78.3 Å². The normalized spacial score (nSPS) is 23.3. The predicted molar refractivity (Wildman–Crippen MR) is 140 cm³/mol. The van der Waals surface area contributed by atoms with Crippen LogP contribution in [0.25, 0.3) is 0 Å². The number of halogens is 1. The van der Waals surface area contributed by atoms with Crippen LogP contribution < -0.4 is 4.74 Å². The molecule has 2 aromatic rings. The van der Waals surface area contributed by atoms with Gasteiger partial charge in [-0.25, -0.2) is 0 Å². The van der Waals surface area contributed by atoms with Gasteiger partial charge in [-0.2, -0.15) is 0 Å². The third-order valence-corrected chi connectivity index (χ3v) is 9.07. The summed E-state index contributed by atoms with van der Waals surface area (Å²) >= 11 is 2.49. The summed E-state index contributed by atoms with van der Waals surface area (Å²) in [5.74, 6) is 0.938. The maximum atomic E-state index is 5.85. The van der Waals surface area contributed by atoms with Crippen LogP contribution in [-0.4, -0.2) is 20.3 Å². The molecule has 2 atom stereocenters. The first kappa shape index (κ1) is 22.9. The Kier molecular flexibility index (Phi) is 7.50. The van der Waals surface area contributed by atoms with Crippen molar-refractivity contribution in [2.24, 2.45) is 5.41 Å². The Balaban J connectivity index is 1.71. The quantitative estimate of drug-likeness (QED) is 0.316. The maximum Gasteiger partial charge on any atom is 0.119 e. The Morgan fingerprint density at radius 3 is 2.48 bits per heavy atom. The van der Waals surface area contributed by atoms with Crippen molar-refractivity contribution in [3.8, 4) is 5.75 Å². The van der Waals surface area contributed by atoms with Gasteiger partial charge >= 0.3 is 0 Å². The lowest BCUT2D eigenvalue weighted by atomic mass is 9.71. The lowest BCUT2D eigenvalue weighted by molar-refractivity contribution is 0.0976. The number of rotatable bonds is 8. The second kappa shape index (κ2) is 10.1. The Labute approximate surface area is 203 Å². The number of hydrogen-bond donors (Lipinski definition) is 0. The lowest BCUT2D eigenvalue weighted by Gasteiger charge is -2.36. The van der Waals surface area contributed by atoms with Crippen LogP contribution in [0.4, 0.5) is 0 Å². The van der Waals surface area contributed by atoms with Crippen LogP contribution in [0.2, 0.25) is 0 Å². The van der Waals surface area contributed by atoms with Gasteiger partial charge < -0.3 is 9.47 Å². The molecule has 2 nitrogen and oxygen atoms in total. The number of hydrogen-bond acceptors (Lipinski definition) is 3. The molecule has 0 saturated heterocycles. The molecular formula is C27H31IO2S. The summed E-state index contributed by atoms with van der Waals surface area (Å²) in [7, 11) is 5.53. The Hall–Kier alpha value is -1.24. The molecule has 164 valence electrons. The SMILES string of the molecule is COc1cccc(CCC2=C3C[C@H](OC)C[C@]3(C)CC(SI)=C2Cc2ccccc2)c1. The highest BCUT2D eigenvalue weighted by Crippen LogP contribution is 2.57.